The van der Waals surface area contributed by atoms with Crippen LogP contribution in [0.3, 0.4) is 0 Å². The van der Waals surface area contributed by atoms with Crippen molar-refractivity contribution >= 4 is 11.8 Å². The van der Waals surface area contributed by atoms with Gasteiger partial charge in [-0.1, -0.05) is 0 Å². The van der Waals surface area contributed by atoms with Crippen molar-refractivity contribution in [1.82, 2.24) is 9.88 Å². The molecule has 0 atom stereocenters. The van der Waals surface area contributed by atoms with Crippen molar-refractivity contribution in [2.75, 3.05) is 26.7 Å². The Morgan fingerprint density at radius 3 is 2.63 bits per heavy atom. The lowest BCUT2D eigenvalue weighted by atomic mass is 10.2. The van der Waals surface area contributed by atoms with Crippen LogP contribution < -0.4 is 0 Å². The standard InChI is InChI=1S/C14H20N2O3/c1-3-19-14(18)10-13(17)11-16(2)9-6-12-4-7-15-8-5-12/h4-5,7-8H,3,6,9-11H2,1-2H3. The van der Waals surface area contributed by atoms with E-state index in [1.807, 2.05) is 24.1 Å². The summed E-state index contributed by atoms with van der Waals surface area (Å²) in [6, 6.07) is 3.91. The van der Waals surface area contributed by atoms with Gasteiger partial charge in [0.25, 0.3) is 0 Å². The molecule has 0 aliphatic carbocycles. The number of likely N-dealkylation sites (N-methyl/N-ethyl adjacent to an activating group) is 1. The number of hydrogen-bond donors (Lipinski definition) is 0. The summed E-state index contributed by atoms with van der Waals surface area (Å²) in [6.45, 7) is 3.07. The van der Waals surface area contributed by atoms with Crippen LogP contribution >= 0.6 is 0 Å². The van der Waals surface area contributed by atoms with Crippen molar-refractivity contribution in [3.8, 4) is 0 Å². The Labute approximate surface area is 113 Å². The number of Topliss-reactive ketones (excluding diaryl/α,β-unsaturated/α-hetero) is 1. The minimum Gasteiger partial charge on any atom is -0.466 e. The minimum absolute atomic E-state index is 0.115. The maximum Gasteiger partial charge on any atom is 0.313 e. The Kier molecular flexibility index (Phi) is 6.74. The molecule has 0 fully saturated rings. The predicted molar refractivity (Wildman–Crippen MR) is 71.7 cm³/mol. The molecule has 0 aliphatic rings. The van der Waals surface area contributed by atoms with Gasteiger partial charge in [-0.15, -0.1) is 0 Å². The third-order valence-electron chi connectivity index (χ3n) is 2.62. The van der Waals surface area contributed by atoms with E-state index in [0.29, 0.717) is 6.61 Å². The Morgan fingerprint density at radius 1 is 1.32 bits per heavy atom. The number of carbonyl (C=O) groups is 2. The largest absolute Gasteiger partial charge is 0.466 e. The van der Waals surface area contributed by atoms with E-state index in [1.165, 1.54) is 5.56 Å². The van der Waals surface area contributed by atoms with Crippen LogP contribution in [0.5, 0.6) is 0 Å². The first-order chi connectivity index (χ1) is 9.11. The molecule has 5 heteroatoms. The smallest absolute Gasteiger partial charge is 0.313 e. The van der Waals surface area contributed by atoms with Gasteiger partial charge in [-0.05, 0) is 38.1 Å². The van der Waals surface area contributed by atoms with Gasteiger partial charge >= 0.3 is 5.97 Å². The maximum atomic E-state index is 11.6. The summed E-state index contributed by atoms with van der Waals surface area (Å²) in [7, 11) is 1.87. The second kappa shape index (κ2) is 8.37. The van der Waals surface area contributed by atoms with Crippen LogP contribution in [-0.2, 0) is 20.7 Å². The summed E-state index contributed by atoms with van der Waals surface area (Å²) in [6.07, 6.45) is 4.21. The highest BCUT2D eigenvalue weighted by molar-refractivity contribution is 5.96. The van der Waals surface area contributed by atoms with Crippen molar-refractivity contribution in [3.63, 3.8) is 0 Å². The van der Waals surface area contributed by atoms with Crippen LogP contribution in [-0.4, -0.2) is 48.4 Å². The van der Waals surface area contributed by atoms with Gasteiger partial charge in [0.15, 0.2) is 5.78 Å². The molecule has 0 spiro atoms. The lowest BCUT2D eigenvalue weighted by molar-refractivity contribution is -0.145. The van der Waals surface area contributed by atoms with Crippen molar-refractivity contribution in [2.24, 2.45) is 0 Å². The number of aromatic nitrogens is 1. The number of carbonyl (C=O) groups excluding carboxylic acids is 2. The van der Waals surface area contributed by atoms with Crippen LogP contribution in [0, 0.1) is 0 Å². The first-order valence-electron chi connectivity index (χ1n) is 6.36. The molecule has 0 aliphatic heterocycles. The zero-order valence-electron chi connectivity index (χ0n) is 11.5. The van der Waals surface area contributed by atoms with Gasteiger partial charge in [0.2, 0.25) is 0 Å². The van der Waals surface area contributed by atoms with Gasteiger partial charge in [0.1, 0.15) is 6.42 Å². The monoisotopic (exact) mass is 264 g/mol. The van der Waals surface area contributed by atoms with Gasteiger partial charge in [-0.25, -0.2) is 0 Å². The van der Waals surface area contributed by atoms with E-state index in [4.69, 9.17) is 4.74 Å². The zero-order valence-corrected chi connectivity index (χ0v) is 11.5. The third-order valence-corrected chi connectivity index (χ3v) is 2.62. The molecule has 5 nitrogen and oxygen atoms in total. The predicted octanol–water partition coefficient (Wildman–Crippen LogP) is 1.08. The van der Waals surface area contributed by atoms with Crippen molar-refractivity contribution < 1.29 is 14.3 Å². The fourth-order valence-corrected chi connectivity index (χ4v) is 1.68. The van der Waals surface area contributed by atoms with E-state index in [0.717, 1.165) is 13.0 Å². The Bertz CT molecular complexity index is 406. The number of pyridine rings is 1. The van der Waals surface area contributed by atoms with Crippen LogP contribution in [0.15, 0.2) is 24.5 Å². The Morgan fingerprint density at radius 2 is 2.00 bits per heavy atom. The number of nitrogens with zero attached hydrogens (tertiary/aromatic N) is 2. The molecule has 19 heavy (non-hydrogen) atoms. The van der Waals surface area contributed by atoms with E-state index in [1.54, 1.807) is 19.3 Å². The number of rotatable bonds is 8. The molecule has 1 aromatic rings. The summed E-state index contributed by atoms with van der Waals surface area (Å²) in [5.41, 5.74) is 1.18. The molecular weight excluding hydrogens is 244 g/mol. The van der Waals surface area contributed by atoms with E-state index in [2.05, 4.69) is 4.98 Å². The van der Waals surface area contributed by atoms with Gasteiger partial charge in [0, 0.05) is 18.9 Å². The molecule has 0 saturated heterocycles. The molecule has 0 aromatic carbocycles. The topological polar surface area (TPSA) is 59.5 Å². The van der Waals surface area contributed by atoms with E-state index >= 15 is 0 Å². The summed E-state index contributed by atoms with van der Waals surface area (Å²) < 4.78 is 4.74. The molecular formula is C14H20N2O3. The van der Waals surface area contributed by atoms with Gasteiger partial charge < -0.3 is 4.74 Å². The van der Waals surface area contributed by atoms with Gasteiger partial charge in [-0.3, -0.25) is 19.5 Å². The molecule has 0 bridgehead atoms. The molecule has 1 rings (SSSR count). The van der Waals surface area contributed by atoms with Crippen molar-refractivity contribution in [2.45, 2.75) is 19.8 Å². The fraction of sp³-hybridized carbons (Fsp3) is 0.500. The van der Waals surface area contributed by atoms with Gasteiger partial charge in [-0.2, -0.15) is 0 Å². The SMILES string of the molecule is CCOC(=O)CC(=O)CN(C)CCc1ccncc1. The third kappa shape index (κ3) is 6.67. The summed E-state index contributed by atoms with van der Waals surface area (Å²) in [5.74, 6) is -0.564. The second-order valence-electron chi connectivity index (χ2n) is 4.36. The Balaban J connectivity index is 2.25. The number of ketones is 1. The molecule has 104 valence electrons. The van der Waals surface area contributed by atoms with Crippen LogP contribution in [0.1, 0.15) is 18.9 Å². The van der Waals surface area contributed by atoms with E-state index in [-0.39, 0.29) is 18.7 Å². The van der Waals surface area contributed by atoms with Crippen molar-refractivity contribution in [1.29, 1.82) is 0 Å². The average molecular weight is 264 g/mol. The lowest BCUT2D eigenvalue weighted by Crippen LogP contribution is -2.29. The highest BCUT2D eigenvalue weighted by atomic mass is 16.5. The normalized spacial score (nSPS) is 10.5. The molecule has 0 N–H and O–H groups in total. The van der Waals surface area contributed by atoms with Crippen LogP contribution in [0.25, 0.3) is 0 Å². The molecule has 0 unspecified atom stereocenters. The first-order valence-corrected chi connectivity index (χ1v) is 6.36. The van der Waals surface area contributed by atoms with Crippen molar-refractivity contribution in [3.05, 3.63) is 30.1 Å². The number of esters is 1. The zero-order chi connectivity index (χ0) is 14.1. The number of hydrogen-bond acceptors (Lipinski definition) is 5. The molecule has 0 saturated carbocycles. The molecule has 0 amide bonds. The van der Waals surface area contributed by atoms with E-state index < -0.39 is 5.97 Å². The van der Waals surface area contributed by atoms with Gasteiger partial charge in [0.05, 0.1) is 13.2 Å². The highest BCUT2D eigenvalue weighted by Crippen LogP contribution is 1.99. The van der Waals surface area contributed by atoms with Crippen LogP contribution in [0.4, 0.5) is 0 Å². The first kappa shape index (κ1) is 15.3. The molecule has 0 radical (unpaired) electrons. The maximum absolute atomic E-state index is 11.6. The summed E-state index contributed by atoms with van der Waals surface area (Å²) in [5, 5.41) is 0. The van der Waals surface area contributed by atoms with E-state index in [9.17, 15) is 9.59 Å². The quantitative estimate of drug-likeness (QED) is 0.519. The summed E-state index contributed by atoms with van der Waals surface area (Å²) in [4.78, 5) is 28.6. The summed E-state index contributed by atoms with van der Waals surface area (Å²) >= 11 is 0. The average Bonchev–Trinajstić information content (AvgIpc) is 2.37. The fourth-order valence-electron chi connectivity index (χ4n) is 1.68. The second-order valence-corrected chi connectivity index (χ2v) is 4.36. The lowest BCUT2D eigenvalue weighted by Gasteiger charge is -2.15. The molecule has 1 aromatic heterocycles. The van der Waals surface area contributed by atoms with Crippen LogP contribution in [0.2, 0.25) is 0 Å². The Hall–Kier alpha value is -1.75. The molecule has 1 heterocycles. The number of ether oxygens (including phenoxy) is 1. The highest BCUT2D eigenvalue weighted by Gasteiger charge is 2.12. The minimum atomic E-state index is -0.449.